The number of halogens is 1. The molecule has 0 amide bonds. The molecule has 2 heterocycles. The predicted octanol–water partition coefficient (Wildman–Crippen LogP) is 1.32. The van der Waals surface area contributed by atoms with Gasteiger partial charge >= 0.3 is 0 Å². The second kappa shape index (κ2) is 4.43. The quantitative estimate of drug-likeness (QED) is 0.827. The summed E-state index contributed by atoms with van der Waals surface area (Å²) in [5.74, 6) is 0. The third-order valence-corrected chi connectivity index (χ3v) is 5.81. The Balaban J connectivity index is 2.36. The summed E-state index contributed by atoms with van der Waals surface area (Å²) in [6.07, 6.45) is 2.19. The second-order valence-electron chi connectivity index (χ2n) is 4.01. The van der Waals surface area contributed by atoms with Crippen molar-refractivity contribution in [2.75, 3.05) is 20.1 Å². The van der Waals surface area contributed by atoms with E-state index in [0.717, 1.165) is 6.54 Å². The molecular formula is C10H13BrN2O2S. The van der Waals surface area contributed by atoms with E-state index in [1.54, 1.807) is 12.1 Å². The average molecular weight is 305 g/mol. The van der Waals surface area contributed by atoms with Crippen LogP contribution in [0.3, 0.4) is 0 Å². The average Bonchev–Trinajstić information content (AvgIpc) is 2.66. The van der Waals surface area contributed by atoms with E-state index in [2.05, 4.69) is 20.9 Å². The smallest absolute Gasteiger partial charge is 0.200 e. The van der Waals surface area contributed by atoms with Gasteiger partial charge in [0.1, 0.15) is 0 Å². The second-order valence-corrected chi connectivity index (χ2v) is 7.01. The van der Waals surface area contributed by atoms with Gasteiger partial charge in [0.2, 0.25) is 9.84 Å². The van der Waals surface area contributed by atoms with Gasteiger partial charge in [0.05, 0.1) is 9.72 Å². The molecule has 0 spiro atoms. The molecule has 1 fully saturated rings. The maximum absolute atomic E-state index is 12.3. The first-order chi connectivity index (χ1) is 7.51. The van der Waals surface area contributed by atoms with Crippen molar-refractivity contribution >= 4 is 25.8 Å². The summed E-state index contributed by atoms with van der Waals surface area (Å²) in [7, 11) is -1.37. The van der Waals surface area contributed by atoms with E-state index in [1.807, 2.05) is 11.9 Å². The summed E-state index contributed by atoms with van der Waals surface area (Å²) in [6, 6.07) is 3.42. The van der Waals surface area contributed by atoms with Crippen molar-refractivity contribution in [3.63, 3.8) is 0 Å². The van der Waals surface area contributed by atoms with Gasteiger partial charge in [0.25, 0.3) is 0 Å². The molecule has 0 N–H and O–H groups in total. The Morgan fingerprint density at radius 2 is 2.31 bits per heavy atom. The van der Waals surface area contributed by atoms with Crippen molar-refractivity contribution in [3.05, 3.63) is 22.8 Å². The number of likely N-dealkylation sites (tertiary alicyclic amines) is 1. The molecule has 1 aromatic heterocycles. The zero-order valence-electron chi connectivity index (χ0n) is 8.93. The Labute approximate surface area is 104 Å². The molecule has 1 saturated heterocycles. The van der Waals surface area contributed by atoms with Gasteiger partial charge in [-0.3, -0.25) is 0 Å². The summed E-state index contributed by atoms with van der Waals surface area (Å²) < 4.78 is 25.1. The molecule has 1 aliphatic rings. The Hall–Kier alpha value is -0.460. The minimum Gasteiger partial charge on any atom is -0.305 e. The van der Waals surface area contributed by atoms with E-state index in [0.29, 0.717) is 17.4 Å². The zero-order valence-corrected chi connectivity index (χ0v) is 11.3. The molecule has 1 aliphatic heterocycles. The summed E-state index contributed by atoms with van der Waals surface area (Å²) >= 11 is 3.24. The lowest BCUT2D eigenvalue weighted by molar-refractivity contribution is 0.417. The minimum atomic E-state index is -3.30. The van der Waals surface area contributed by atoms with Crippen molar-refractivity contribution in [1.29, 1.82) is 0 Å². The van der Waals surface area contributed by atoms with Crippen LogP contribution in [-0.4, -0.2) is 43.7 Å². The fraction of sp³-hybridized carbons (Fsp3) is 0.500. The molecule has 2 rings (SSSR count). The van der Waals surface area contributed by atoms with Crippen LogP contribution in [0.5, 0.6) is 0 Å². The van der Waals surface area contributed by atoms with Gasteiger partial charge in [-0.2, -0.15) is 0 Å². The van der Waals surface area contributed by atoms with E-state index < -0.39 is 9.84 Å². The van der Waals surface area contributed by atoms with Crippen molar-refractivity contribution < 1.29 is 8.42 Å². The topological polar surface area (TPSA) is 50.3 Å². The fourth-order valence-electron chi connectivity index (χ4n) is 1.89. The maximum Gasteiger partial charge on any atom is 0.200 e. The van der Waals surface area contributed by atoms with E-state index in [9.17, 15) is 8.42 Å². The molecule has 1 atom stereocenters. The maximum atomic E-state index is 12.3. The number of pyridine rings is 1. The van der Waals surface area contributed by atoms with Gasteiger partial charge in [0.15, 0.2) is 5.03 Å². The molecule has 16 heavy (non-hydrogen) atoms. The number of hydrogen-bond donors (Lipinski definition) is 0. The van der Waals surface area contributed by atoms with Crippen molar-refractivity contribution in [1.82, 2.24) is 9.88 Å². The number of rotatable bonds is 2. The van der Waals surface area contributed by atoms with Crippen molar-refractivity contribution in [3.8, 4) is 0 Å². The Bertz CT molecular complexity index is 489. The fourth-order valence-corrected chi connectivity index (χ4v) is 4.55. The lowest BCUT2D eigenvalue weighted by Crippen LogP contribution is -2.26. The summed E-state index contributed by atoms with van der Waals surface area (Å²) in [5, 5.41) is -0.168. The molecule has 4 nitrogen and oxygen atoms in total. The van der Waals surface area contributed by atoms with Crippen LogP contribution in [-0.2, 0) is 9.84 Å². The van der Waals surface area contributed by atoms with Crippen molar-refractivity contribution in [2.24, 2.45) is 0 Å². The van der Waals surface area contributed by atoms with Gasteiger partial charge in [0, 0.05) is 12.7 Å². The molecular weight excluding hydrogens is 292 g/mol. The number of aromatic nitrogens is 1. The van der Waals surface area contributed by atoms with Gasteiger partial charge in [-0.25, -0.2) is 13.4 Å². The third-order valence-electron chi connectivity index (χ3n) is 2.78. The van der Waals surface area contributed by atoms with Gasteiger partial charge in [-0.15, -0.1) is 0 Å². The van der Waals surface area contributed by atoms with Crippen LogP contribution in [0.15, 0.2) is 27.8 Å². The third kappa shape index (κ3) is 2.14. The lowest BCUT2D eigenvalue weighted by atomic mass is 10.4. The van der Waals surface area contributed by atoms with Crippen molar-refractivity contribution in [2.45, 2.75) is 16.7 Å². The first-order valence-electron chi connectivity index (χ1n) is 5.05. The summed E-state index contributed by atoms with van der Waals surface area (Å²) in [6.45, 7) is 1.42. The van der Waals surface area contributed by atoms with E-state index in [-0.39, 0.29) is 10.3 Å². The first kappa shape index (κ1) is 12.0. The minimum absolute atomic E-state index is 0.162. The van der Waals surface area contributed by atoms with Crippen LogP contribution in [0.2, 0.25) is 0 Å². The normalized spacial score (nSPS) is 22.5. The Kier molecular flexibility index (Phi) is 3.32. The highest BCUT2D eigenvalue weighted by atomic mass is 79.9. The monoisotopic (exact) mass is 304 g/mol. The van der Waals surface area contributed by atoms with Crippen LogP contribution in [0, 0.1) is 0 Å². The van der Waals surface area contributed by atoms with Crippen LogP contribution in [0.1, 0.15) is 6.42 Å². The highest BCUT2D eigenvalue weighted by Gasteiger charge is 2.34. The van der Waals surface area contributed by atoms with Crippen LogP contribution in [0.4, 0.5) is 0 Å². The Morgan fingerprint density at radius 3 is 2.88 bits per heavy atom. The highest BCUT2D eigenvalue weighted by molar-refractivity contribution is 9.10. The molecule has 0 radical (unpaired) electrons. The number of sulfone groups is 1. The standard InChI is InChI=1S/C10H13BrN2O2S/c1-13-6-4-8(7-13)16(14,15)10-9(11)3-2-5-12-10/h2-3,5,8H,4,6-7H2,1H3. The molecule has 0 bridgehead atoms. The van der Waals surface area contributed by atoms with Gasteiger partial charge < -0.3 is 4.90 Å². The van der Waals surface area contributed by atoms with E-state index in [1.165, 1.54) is 6.20 Å². The van der Waals surface area contributed by atoms with E-state index >= 15 is 0 Å². The molecule has 6 heteroatoms. The van der Waals surface area contributed by atoms with Crippen LogP contribution in [0.25, 0.3) is 0 Å². The molecule has 88 valence electrons. The number of hydrogen-bond acceptors (Lipinski definition) is 4. The largest absolute Gasteiger partial charge is 0.305 e. The molecule has 0 aromatic carbocycles. The summed E-state index contributed by atoms with van der Waals surface area (Å²) in [5.41, 5.74) is 0. The van der Waals surface area contributed by atoms with Gasteiger partial charge in [-0.1, -0.05) is 0 Å². The summed E-state index contributed by atoms with van der Waals surface area (Å²) in [4.78, 5) is 5.99. The van der Waals surface area contributed by atoms with Crippen LogP contribution < -0.4 is 0 Å². The van der Waals surface area contributed by atoms with Crippen LogP contribution >= 0.6 is 15.9 Å². The lowest BCUT2D eigenvalue weighted by Gasteiger charge is -2.12. The molecule has 0 saturated carbocycles. The Morgan fingerprint density at radius 1 is 1.56 bits per heavy atom. The predicted molar refractivity (Wildman–Crippen MR) is 65.0 cm³/mol. The highest BCUT2D eigenvalue weighted by Crippen LogP contribution is 2.26. The first-order valence-corrected chi connectivity index (χ1v) is 7.38. The number of nitrogens with zero attached hydrogens (tertiary/aromatic N) is 2. The SMILES string of the molecule is CN1CCC(S(=O)(=O)c2ncccc2Br)C1. The molecule has 0 aliphatic carbocycles. The van der Waals surface area contributed by atoms with E-state index in [4.69, 9.17) is 0 Å². The molecule has 1 unspecified atom stereocenters. The molecule has 1 aromatic rings. The zero-order chi connectivity index (χ0) is 11.8. The van der Waals surface area contributed by atoms with Gasteiger partial charge in [-0.05, 0) is 48.1 Å².